The molecule has 1 saturated carbocycles. The van der Waals surface area contributed by atoms with Gasteiger partial charge in [0, 0.05) is 68.0 Å². The number of hydrogen-bond acceptors (Lipinski definition) is 7. The number of likely N-dealkylation sites (tertiary alicyclic amines) is 1. The molecule has 182 valence electrons. The van der Waals surface area contributed by atoms with Crippen molar-refractivity contribution in [3.63, 3.8) is 0 Å². The van der Waals surface area contributed by atoms with Gasteiger partial charge < -0.3 is 19.3 Å². The minimum Gasteiger partial charge on any atom is -0.481 e. The normalized spacial score (nSPS) is 22.0. The molecule has 0 aromatic carbocycles. The summed E-state index contributed by atoms with van der Waals surface area (Å²) in [6, 6.07) is 5.77. The van der Waals surface area contributed by atoms with Crippen LogP contribution in [0, 0.1) is 11.2 Å². The molecular weight excluding hydrogens is 437 g/mol. The molecule has 5 rings (SSSR count). The van der Waals surface area contributed by atoms with Crippen LogP contribution in [0.2, 0.25) is 0 Å². The fourth-order valence-corrected chi connectivity index (χ4v) is 5.82. The summed E-state index contributed by atoms with van der Waals surface area (Å²) < 4.78 is 24.7. The summed E-state index contributed by atoms with van der Waals surface area (Å²) in [4.78, 5) is 27.3. The molecule has 8 nitrogen and oxygen atoms in total. The van der Waals surface area contributed by atoms with E-state index >= 15 is 0 Å². The molecule has 2 saturated heterocycles. The molecule has 34 heavy (non-hydrogen) atoms. The highest BCUT2D eigenvalue weighted by Gasteiger charge is 2.51. The molecule has 1 amide bonds. The maximum Gasteiger partial charge on any atom is 0.409 e. The summed E-state index contributed by atoms with van der Waals surface area (Å²) in [6.07, 6.45) is 6.23. The quantitative estimate of drug-likeness (QED) is 0.665. The monoisotopic (exact) mass is 469 g/mol. The van der Waals surface area contributed by atoms with Crippen molar-refractivity contribution in [2.45, 2.75) is 32.2 Å². The average molecular weight is 470 g/mol. The second-order valence-corrected chi connectivity index (χ2v) is 9.56. The molecular formula is C25H32FN5O3. The highest BCUT2D eigenvalue weighted by atomic mass is 19.1. The first-order valence-corrected chi connectivity index (χ1v) is 12.1. The molecule has 1 atom stereocenters. The van der Waals surface area contributed by atoms with Gasteiger partial charge in [0.1, 0.15) is 11.6 Å². The van der Waals surface area contributed by atoms with Crippen LogP contribution in [0.15, 0.2) is 30.6 Å². The van der Waals surface area contributed by atoms with E-state index < -0.39 is 0 Å². The van der Waals surface area contributed by atoms with Gasteiger partial charge in [0.05, 0.1) is 19.9 Å². The first kappa shape index (κ1) is 22.8. The third-order valence-corrected chi connectivity index (χ3v) is 7.47. The summed E-state index contributed by atoms with van der Waals surface area (Å²) in [7, 11) is 1.57. The second-order valence-electron chi connectivity index (χ2n) is 9.56. The van der Waals surface area contributed by atoms with Crippen LogP contribution < -0.4 is 9.64 Å². The van der Waals surface area contributed by atoms with Crippen molar-refractivity contribution in [1.82, 2.24) is 19.8 Å². The van der Waals surface area contributed by atoms with Crippen molar-refractivity contribution < 1.29 is 18.7 Å². The van der Waals surface area contributed by atoms with Gasteiger partial charge in [0.25, 0.3) is 0 Å². The fourth-order valence-electron chi connectivity index (χ4n) is 5.82. The largest absolute Gasteiger partial charge is 0.481 e. The zero-order valence-electron chi connectivity index (χ0n) is 19.9. The van der Waals surface area contributed by atoms with E-state index in [4.69, 9.17) is 9.47 Å². The first-order chi connectivity index (χ1) is 16.5. The number of hydrogen-bond donors (Lipinski definition) is 0. The Morgan fingerprint density at radius 2 is 2.00 bits per heavy atom. The van der Waals surface area contributed by atoms with Crippen molar-refractivity contribution >= 4 is 11.9 Å². The van der Waals surface area contributed by atoms with Gasteiger partial charge in [0.2, 0.25) is 5.88 Å². The van der Waals surface area contributed by atoms with Crippen LogP contribution in [-0.2, 0) is 4.74 Å². The molecule has 2 aromatic rings. The van der Waals surface area contributed by atoms with E-state index in [1.165, 1.54) is 18.7 Å². The van der Waals surface area contributed by atoms with Crippen molar-refractivity contribution in [1.29, 1.82) is 0 Å². The molecule has 1 spiro atoms. The number of methoxy groups -OCH3 is 1. The number of piperazine rings is 1. The molecule has 2 aliphatic heterocycles. The standard InChI is InChI=1S/C25H32FN5O3/c1-3-34-24(32)31-16-25(17-31)7-6-19(14-25)29-9-11-30(12-10-29)22-21(13-18(26)15-28-22)20-5-4-8-27-23(20)33-2/h4-5,8,13,15,19H,3,6-7,9-12,14,16-17H2,1-2H3/t19-/m1/s1. The summed E-state index contributed by atoms with van der Waals surface area (Å²) in [5.74, 6) is 0.847. The van der Waals surface area contributed by atoms with Gasteiger partial charge >= 0.3 is 6.09 Å². The van der Waals surface area contributed by atoms with Gasteiger partial charge in [-0.05, 0) is 44.4 Å². The lowest BCUT2D eigenvalue weighted by Gasteiger charge is -2.48. The number of rotatable bonds is 5. The lowest BCUT2D eigenvalue weighted by atomic mass is 9.78. The molecule has 3 fully saturated rings. The molecule has 0 unspecified atom stereocenters. The Bertz CT molecular complexity index is 1040. The van der Waals surface area contributed by atoms with E-state index in [1.807, 2.05) is 24.0 Å². The van der Waals surface area contributed by atoms with E-state index in [9.17, 15) is 9.18 Å². The molecule has 2 aromatic heterocycles. The Hall–Kier alpha value is -2.94. The Kier molecular flexibility index (Phi) is 6.29. The summed E-state index contributed by atoms with van der Waals surface area (Å²) in [5.41, 5.74) is 1.70. The van der Waals surface area contributed by atoms with E-state index in [0.717, 1.165) is 63.5 Å². The number of pyridine rings is 2. The number of anilines is 1. The van der Waals surface area contributed by atoms with Crippen molar-refractivity contribution in [2.24, 2.45) is 5.41 Å². The zero-order chi connectivity index (χ0) is 23.7. The number of ether oxygens (including phenoxy) is 2. The van der Waals surface area contributed by atoms with Crippen LogP contribution >= 0.6 is 0 Å². The van der Waals surface area contributed by atoms with Gasteiger partial charge in [-0.15, -0.1) is 0 Å². The lowest BCUT2D eigenvalue weighted by Crippen LogP contribution is -2.58. The number of halogens is 1. The molecule has 9 heteroatoms. The zero-order valence-corrected chi connectivity index (χ0v) is 19.9. The molecule has 0 bridgehead atoms. The smallest absolute Gasteiger partial charge is 0.409 e. The van der Waals surface area contributed by atoms with Crippen LogP contribution in [0.3, 0.4) is 0 Å². The Morgan fingerprint density at radius 3 is 2.74 bits per heavy atom. The van der Waals surface area contributed by atoms with Gasteiger partial charge in [-0.1, -0.05) is 0 Å². The predicted molar refractivity (Wildman–Crippen MR) is 126 cm³/mol. The Labute approximate surface area is 199 Å². The molecule has 3 aliphatic rings. The van der Waals surface area contributed by atoms with Gasteiger partial charge in [-0.3, -0.25) is 4.90 Å². The maximum absolute atomic E-state index is 14.2. The third kappa shape index (κ3) is 4.29. The van der Waals surface area contributed by atoms with E-state index in [1.54, 1.807) is 13.3 Å². The van der Waals surface area contributed by atoms with E-state index in [2.05, 4.69) is 19.8 Å². The fraction of sp³-hybridized carbons (Fsp3) is 0.560. The van der Waals surface area contributed by atoms with Crippen LogP contribution in [0.5, 0.6) is 5.88 Å². The molecule has 1 aliphatic carbocycles. The summed E-state index contributed by atoms with van der Waals surface area (Å²) in [5, 5.41) is 0. The minimum absolute atomic E-state index is 0.182. The van der Waals surface area contributed by atoms with Crippen LogP contribution in [0.25, 0.3) is 11.1 Å². The minimum atomic E-state index is -0.378. The molecule has 0 radical (unpaired) electrons. The second kappa shape index (κ2) is 9.37. The van der Waals surface area contributed by atoms with Crippen LogP contribution in [0.4, 0.5) is 15.0 Å². The van der Waals surface area contributed by atoms with Crippen LogP contribution in [0.1, 0.15) is 26.2 Å². The average Bonchev–Trinajstić information content (AvgIpc) is 3.29. The number of nitrogens with zero attached hydrogens (tertiary/aromatic N) is 5. The third-order valence-electron chi connectivity index (χ3n) is 7.47. The predicted octanol–water partition coefficient (Wildman–Crippen LogP) is 3.42. The lowest BCUT2D eigenvalue weighted by molar-refractivity contribution is -0.00294. The highest BCUT2D eigenvalue weighted by Crippen LogP contribution is 2.47. The molecule has 4 heterocycles. The number of carbonyl (C=O) groups excluding carboxylic acids is 1. The SMILES string of the molecule is CCOC(=O)N1CC2(CC[C@@H](N3CCN(c4ncc(F)cc4-c4cccnc4OC)CC3)C2)C1. The Balaban J connectivity index is 1.23. The van der Waals surface area contributed by atoms with Crippen molar-refractivity contribution in [3.8, 4) is 17.0 Å². The molecule has 0 N–H and O–H groups in total. The Morgan fingerprint density at radius 1 is 1.21 bits per heavy atom. The number of carbonyl (C=O) groups is 1. The summed E-state index contributed by atoms with van der Waals surface area (Å²) in [6.45, 7) is 7.43. The van der Waals surface area contributed by atoms with Crippen molar-refractivity contribution in [2.75, 3.05) is 57.9 Å². The van der Waals surface area contributed by atoms with Crippen LogP contribution in [-0.4, -0.2) is 84.9 Å². The first-order valence-electron chi connectivity index (χ1n) is 12.1. The van der Waals surface area contributed by atoms with Gasteiger partial charge in [-0.2, -0.15) is 0 Å². The topological polar surface area (TPSA) is 71.0 Å². The maximum atomic E-state index is 14.2. The summed E-state index contributed by atoms with van der Waals surface area (Å²) >= 11 is 0. The number of aromatic nitrogens is 2. The van der Waals surface area contributed by atoms with E-state index in [0.29, 0.717) is 24.1 Å². The highest BCUT2D eigenvalue weighted by molar-refractivity contribution is 5.79. The van der Waals surface area contributed by atoms with E-state index in [-0.39, 0.29) is 17.3 Å². The number of amides is 1. The van der Waals surface area contributed by atoms with Crippen molar-refractivity contribution in [3.05, 3.63) is 36.4 Å². The van der Waals surface area contributed by atoms with Gasteiger partial charge in [0.15, 0.2) is 0 Å². The van der Waals surface area contributed by atoms with Gasteiger partial charge in [-0.25, -0.2) is 19.2 Å².